The molecular formula is C30H34FN5O2. The second-order valence-corrected chi connectivity index (χ2v) is 10.2. The number of rotatable bonds is 10. The lowest BCUT2D eigenvalue weighted by molar-refractivity contribution is -0.142. The molecule has 198 valence electrons. The summed E-state index contributed by atoms with van der Waals surface area (Å²) in [6, 6.07) is 20.3. The van der Waals surface area contributed by atoms with Gasteiger partial charge in [-0.2, -0.15) is 0 Å². The highest BCUT2D eigenvalue weighted by molar-refractivity contribution is 5.89. The molecule has 0 spiro atoms. The summed E-state index contributed by atoms with van der Waals surface area (Å²) in [6.45, 7) is 7.87. The van der Waals surface area contributed by atoms with E-state index < -0.39 is 23.3 Å². The molecule has 8 heteroatoms. The van der Waals surface area contributed by atoms with Crippen LogP contribution in [0, 0.1) is 12.7 Å². The van der Waals surface area contributed by atoms with Crippen molar-refractivity contribution in [2.24, 2.45) is 0 Å². The zero-order valence-corrected chi connectivity index (χ0v) is 22.3. The van der Waals surface area contributed by atoms with Crippen molar-refractivity contribution < 1.29 is 14.0 Å². The van der Waals surface area contributed by atoms with Gasteiger partial charge >= 0.3 is 0 Å². The van der Waals surface area contributed by atoms with E-state index in [4.69, 9.17) is 0 Å². The van der Waals surface area contributed by atoms with E-state index in [2.05, 4.69) is 15.6 Å². The Morgan fingerprint density at radius 1 is 1.03 bits per heavy atom. The van der Waals surface area contributed by atoms with E-state index in [-0.39, 0.29) is 24.6 Å². The Hall–Kier alpha value is -4.07. The van der Waals surface area contributed by atoms with E-state index in [9.17, 15) is 9.59 Å². The molecular weight excluding hydrogens is 481 g/mol. The van der Waals surface area contributed by atoms with Gasteiger partial charge in [-0.3, -0.25) is 9.59 Å². The van der Waals surface area contributed by atoms with E-state index in [1.807, 2.05) is 76.2 Å². The molecule has 1 aromatic heterocycles. The number of hydrogen-bond acceptors (Lipinski definition) is 4. The van der Waals surface area contributed by atoms with Crippen molar-refractivity contribution in [2.45, 2.75) is 58.7 Å². The average molecular weight is 516 g/mol. The van der Waals surface area contributed by atoms with E-state index >= 15 is 4.39 Å². The fourth-order valence-corrected chi connectivity index (χ4v) is 4.42. The maximum Gasteiger partial charge on any atom is 0.247 e. The molecule has 0 aliphatic rings. The number of aromatic nitrogens is 3. The van der Waals surface area contributed by atoms with Gasteiger partial charge in [0, 0.05) is 17.6 Å². The summed E-state index contributed by atoms with van der Waals surface area (Å²) in [4.78, 5) is 29.2. The fraction of sp³-hybridized carbons (Fsp3) is 0.333. The van der Waals surface area contributed by atoms with Gasteiger partial charge in [-0.25, -0.2) is 9.07 Å². The van der Waals surface area contributed by atoms with E-state index in [0.29, 0.717) is 23.9 Å². The molecule has 1 N–H and O–H groups in total. The standard InChI is InChI=1S/C30H34FN5O2/c1-5-30(3,4)32-29(38)28(23-14-8-9-15-24(23)31)35(19-18-22-13-7-6-12-21(22)2)27(37)20-36-26-17-11-10-16-25(26)33-34-36/h6-17,28H,5,18-20H2,1-4H3,(H,32,38). The molecule has 4 rings (SSSR count). The van der Waals surface area contributed by atoms with Crippen LogP contribution in [0.5, 0.6) is 0 Å². The lowest BCUT2D eigenvalue weighted by atomic mass is 9.97. The molecule has 1 unspecified atom stereocenters. The van der Waals surface area contributed by atoms with Crippen LogP contribution in [0.3, 0.4) is 0 Å². The Morgan fingerprint density at radius 3 is 2.45 bits per heavy atom. The van der Waals surface area contributed by atoms with E-state index in [0.717, 1.165) is 11.1 Å². The number of fused-ring (bicyclic) bond motifs is 1. The van der Waals surface area contributed by atoms with Crippen LogP contribution in [-0.2, 0) is 22.6 Å². The number of benzene rings is 3. The van der Waals surface area contributed by atoms with Crippen molar-refractivity contribution in [1.29, 1.82) is 0 Å². The van der Waals surface area contributed by atoms with Crippen LogP contribution >= 0.6 is 0 Å². The molecule has 0 saturated heterocycles. The predicted octanol–water partition coefficient (Wildman–Crippen LogP) is 5.00. The lowest BCUT2D eigenvalue weighted by Crippen LogP contribution is -2.51. The Balaban J connectivity index is 1.75. The molecule has 1 heterocycles. The molecule has 7 nitrogen and oxygen atoms in total. The average Bonchev–Trinajstić information content (AvgIpc) is 3.30. The quantitative estimate of drug-likeness (QED) is 0.323. The van der Waals surface area contributed by atoms with Crippen molar-refractivity contribution in [1.82, 2.24) is 25.2 Å². The van der Waals surface area contributed by atoms with Crippen molar-refractivity contribution in [2.75, 3.05) is 6.54 Å². The molecule has 0 aliphatic heterocycles. The SMILES string of the molecule is CCC(C)(C)NC(=O)C(c1ccccc1F)N(CCc1ccccc1C)C(=O)Cn1nnc2ccccc21. The first-order valence-electron chi connectivity index (χ1n) is 12.9. The van der Waals surface area contributed by atoms with Crippen LogP contribution in [-0.4, -0.2) is 43.8 Å². The van der Waals surface area contributed by atoms with Gasteiger partial charge in [0.05, 0.1) is 5.52 Å². The highest BCUT2D eigenvalue weighted by Gasteiger charge is 2.35. The molecule has 0 radical (unpaired) electrons. The Bertz CT molecular complexity index is 1430. The molecule has 0 aliphatic carbocycles. The van der Waals surface area contributed by atoms with Crippen molar-refractivity contribution in [3.63, 3.8) is 0 Å². The van der Waals surface area contributed by atoms with Crippen LogP contribution in [0.15, 0.2) is 72.8 Å². The molecule has 2 amide bonds. The summed E-state index contributed by atoms with van der Waals surface area (Å²) < 4.78 is 16.7. The summed E-state index contributed by atoms with van der Waals surface area (Å²) in [6.07, 6.45) is 1.18. The normalized spacial score (nSPS) is 12.3. The third-order valence-electron chi connectivity index (χ3n) is 7.01. The molecule has 38 heavy (non-hydrogen) atoms. The van der Waals surface area contributed by atoms with Crippen LogP contribution in [0.25, 0.3) is 11.0 Å². The van der Waals surface area contributed by atoms with Gasteiger partial charge in [-0.05, 0) is 62.9 Å². The van der Waals surface area contributed by atoms with Crippen molar-refractivity contribution in [3.05, 3.63) is 95.3 Å². The van der Waals surface area contributed by atoms with Gasteiger partial charge in [-0.1, -0.05) is 66.7 Å². The highest BCUT2D eigenvalue weighted by Crippen LogP contribution is 2.27. The third kappa shape index (κ3) is 6.07. The number of nitrogens with one attached hydrogen (secondary N) is 1. The van der Waals surface area contributed by atoms with Crippen molar-refractivity contribution in [3.8, 4) is 0 Å². The second kappa shape index (κ2) is 11.5. The van der Waals surface area contributed by atoms with Gasteiger partial charge < -0.3 is 10.2 Å². The number of carbonyl (C=O) groups excluding carboxylic acids is 2. The number of halogens is 1. The molecule has 1 atom stereocenters. The molecule has 0 saturated carbocycles. The van der Waals surface area contributed by atoms with E-state index in [1.165, 1.54) is 15.6 Å². The Morgan fingerprint density at radius 2 is 1.71 bits per heavy atom. The Kier molecular flexibility index (Phi) is 8.20. The number of para-hydroxylation sites is 1. The highest BCUT2D eigenvalue weighted by atomic mass is 19.1. The first-order chi connectivity index (χ1) is 18.2. The second-order valence-electron chi connectivity index (χ2n) is 10.2. The summed E-state index contributed by atoms with van der Waals surface area (Å²) >= 11 is 0. The summed E-state index contributed by atoms with van der Waals surface area (Å²) in [5.41, 5.74) is 3.13. The van der Waals surface area contributed by atoms with Gasteiger partial charge in [0.2, 0.25) is 11.8 Å². The van der Waals surface area contributed by atoms with Crippen LogP contribution in [0.2, 0.25) is 0 Å². The maximum absolute atomic E-state index is 15.2. The zero-order chi connectivity index (χ0) is 27.3. The van der Waals surface area contributed by atoms with Gasteiger partial charge in [0.25, 0.3) is 0 Å². The number of aryl methyl sites for hydroxylation is 1. The van der Waals surface area contributed by atoms with Crippen molar-refractivity contribution >= 4 is 22.8 Å². The first kappa shape index (κ1) is 27.0. The molecule has 0 fully saturated rings. The monoisotopic (exact) mass is 515 g/mol. The lowest BCUT2D eigenvalue weighted by Gasteiger charge is -2.35. The summed E-state index contributed by atoms with van der Waals surface area (Å²) in [7, 11) is 0. The zero-order valence-electron chi connectivity index (χ0n) is 22.3. The predicted molar refractivity (Wildman–Crippen MR) is 146 cm³/mol. The van der Waals surface area contributed by atoms with Crippen LogP contribution in [0.4, 0.5) is 4.39 Å². The van der Waals surface area contributed by atoms with Gasteiger partial charge in [0.1, 0.15) is 23.9 Å². The number of carbonyl (C=O) groups is 2. The number of amides is 2. The maximum atomic E-state index is 15.2. The topological polar surface area (TPSA) is 80.1 Å². The van der Waals surface area contributed by atoms with E-state index in [1.54, 1.807) is 18.2 Å². The Labute approximate surface area is 222 Å². The first-order valence-corrected chi connectivity index (χ1v) is 12.9. The molecule has 3 aromatic carbocycles. The minimum absolute atomic E-state index is 0.135. The van der Waals surface area contributed by atoms with Crippen LogP contribution in [0.1, 0.15) is 49.9 Å². The molecule has 4 aromatic rings. The van der Waals surface area contributed by atoms with Gasteiger partial charge in [0.15, 0.2) is 0 Å². The van der Waals surface area contributed by atoms with Gasteiger partial charge in [-0.15, -0.1) is 5.10 Å². The summed E-state index contributed by atoms with van der Waals surface area (Å²) in [5, 5.41) is 11.3. The largest absolute Gasteiger partial charge is 0.349 e. The molecule has 0 bridgehead atoms. The number of nitrogens with zero attached hydrogens (tertiary/aromatic N) is 4. The third-order valence-corrected chi connectivity index (χ3v) is 7.01. The fourth-order valence-electron chi connectivity index (χ4n) is 4.42. The minimum Gasteiger partial charge on any atom is -0.349 e. The smallest absolute Gasteiger partial charge is 0.247 e. The minimum atomic E-state index is -1.16. The number of hydrogen-bond donors (Lipinski definition) is 1. The summed E-state index contributed by atoms with van der Waals surface area (Å²) in [5.74, 6) is -1.32. The van der Waals surface area contributed by atoms with Crippen LogP contribution < -0.4 is 5.32 Å².